The zero-order chi connectivity index (χ0) is 12.8. The molecule has 106 valence electrons. The van der Waals surface area contributed by atoms with Gasteiger partial charge < -0.3 is 14.8 Å². The molecule has 1 aliphatic carbocycles. The zero-order valence-corrected chi connectivity index (χ0v) is 11.9. The fourth-order valence-electron chi connectivity index (χ4n) is 2.54. The van der Waals surface area contributed by atoms with Crippen molar-refractivity contribution in [3.05, 3.63) is 0 Å². The van der Waals surface area contributed by atoms with E-state index >= 15 is 0 Å². The first-order valence-corrected chi connectivity index (χ1v) is 7.42. The summed E-state index contributed by atoms with van der Waals surface area (Å²) in [6, 6.07) is 0.793. The molecular formula is C14H28N2O2. The molecule has 4 heteroatoms. The fraction of sp³-hybridized carbons (Fsp3) is 1.00. The molecule has 1 N–H and O–H groups in total. The molecule has 1 saturated carbocycles. The largest absolute Gasteiger partial charge is 0.383 e. The lowest BCUT2D eigenvalue weighted by molar-refractivity contribution is 0.0197. The summed E-state index contributed by atoms with van der Waals surface area (Å²) >= 11 is 0. The van der Waals surface area contributed by atoms with Gasteiger partial charge in [0.15, 0.2) is 0 Å². The minimum absolute atomic E-state index is 0.424. The van der Waals surface area contributed by atoms with E-state index in [1.165, 1.54) is 25.7 Å². The van der Waals surface area contributed by atoms with Gasteiger partial charge in [-0.25, -0.2) is 0 Å². The van der Waals surface area contributed by atoms with E-state index in [4.69, 9.17) is 9.47 Å². The monoisotopic (exact) mass is 256 g/mol. The van der Waals surface area contributed by atoms with Crippen molar-refractivity contribution in [1.82, 2.24) is 10.2 Å². The van der Waals surface area contributed by atoms with E-state index in [0.717, 1.165) is 38.8 Å². The van der Waals surface area contributed by atoms with Gasteiger partial charge in [-0.05, 0) is 32.2 Å². The Bertz CT molecular complexity index is 234. The molecule has 0 aromatic heterocycles. The van der Waals surface area contributed by atoms with E-state index in [9.17, 15) is 0 Å². The van der Waals surface area contributed by atoms with Gasteiger partial charge in [-0.1, -0.05) is 6.92 Å². The van der Waals surface area contributed by atoms with Crippen LogP contribution in [0.3, 0.4) is 0 Å². The van der Waals surface area contributed by atoms with E-state index in [1.54, 1.807) is 7.11 Å². The van der Waals surface area contributed by atoms with Gasteiger partial charge in [0.2, 0.25) is 0 Å². The second kappa shape index (κ2) is 7.43. The van der Waals surface area contributed by atoms with Crippen LogP contribution in [-0.4, -0.2) is 63.0 Å². The Kier molecular flexibility index (Phi) is 5.89. The quantitative estimate of drug-likeness (QED) is 0.673. The second-order valence-corrected chi connectivity index (χ2v) is 5.53. The van der Waals surface area contributed by atoms with Gasteiger partial charge in [0.1, 0.15) is 0 Å². The van der Waals surface area contributed by atoms with E-state index in [-0.39, 0.29) is 0 Å². The van der Waals surface area contributed by atoms with Crippen LogP contribution in [0.4, 0.5) is 0 Å². The van der Waals surface area contributed by atoms with Crippen molar-refractivity contribution in [3.8, 4) is 0 Å². The maximum Gasteiger partial charge on any atom is 0.0707 e. The van der Waals surface area contributed by atoms with E-state index in [2.05, 4.69) is 17.1 Å². The standard InChI is InChI=1S/C14H28N2O2/c1-3-16(8-9-17-2)11-14-7-6-13(18-14)10-15-12-4-5-12/h12-15H,3-11H2,1-2H3. The molecular weight excluding hydrogens is 228 g/mol. The average molecular weight is 256 g/mol. The lowest BCUT2D eigenvalue weighted by Gasteiger charge is -2.24. The van der Waals surface area contributed by atoms with Crippen LogP contribution in [0.2, 0.25) is 0 Å². The maximum atomic E-state index is 6.11. The van der Waals surface area contributed by atoms with Crippen LogP contribution >= 0.6 is 0 Å². The van der Waals surface area contributed by atoms with E-state index < -0.39 is 0 Å². The number of hydrogen-bond donors (Lipinski definition) is 1. The van der Waals surface area contributed by atoms with Crippen LogP contribution in [0, 0.1) is 0 Å². The highest BCUT2D eigenvalue weighted by Gasteiger charge is 2.28. The molecule has 1 saturated heterocycles. The number of rotatable bonds is 9. The maximum absolute atomic E-state index is 6.11. The number of methoxy groups -OCH3 is 1. The van der Waals surface area contributed by atoms with Crippen LogP contribution in [0.15, 0.2) is 0 Å². The third-order valence-corrected chi connectivity index (χ3v) is 3.93. The first kappa shape index (κ1) is 14.3. The highest BCUT2D eigenvalue weighted by atomic mass is 16.5. The highest BCUT2D eigenvalue weighted by molar-refractivity contribution is 4.84. The lowest BCUT2D eigenvalue weighted by atomic mass is 10.2. The van der Waals surface area contributed by atoms with Crippen LogP contribution in [0.25, 0.3) is 0 Å². The van der Waals surface area contributed by atoms with Crippen molar-refractivity contribution in [2.75, 3.05) is 39.9 Å². The van der Waals surface area contributed by atoms with Crippen LogP contribution in [0.1, 0.15) is 32.6 Å². The summed E-state index contributed by atoms with van der Waals surface area (Å²) in [5, 5.41) is 3.56. The van der Waals surface area contributed by atoms with Gasteiger partial charge in [0.05, 0.1) is 18.8 Å². The third kappa shape index (κ3) is 4.84. The molecule has 1 aliphatic heterocycles. The van der Waals surface area contributed by atoms with Gasteiger partial charge in [0, 0.05) is 32.8 Å². The molecule has 4 nitrogen and oxygen atoms in total. The molecule has 0 aromatic carbocycles. The molecule has 2 fully saturated rings. The molecule has 0 spiro atoms. The molecule has 2 aliphatic rings. The van der Waals surface area contributed by atoms with Gasteiger partial charge in [-0.3, -0.25) is 4.90 Å². The van der Waals surface area contributed by atoms with Gasteiger partial charge >= 0.3 is 0 Å². The second-order valence-electron chi connectivity index (χ2n) is 5.53. The predicted molar refractivity (Wildman–Crippen MR) is 72.9 cm³/mol. The van der Waals surface area contributed by atoms with Gasteiger partial charge in [-0.15, -0.1) is 0 Å². The summed E-state index contributed by atoms with van der Waals surface area (Å²) < 4.78 is 11.2. The molecule has 2 rings (SSSR count). The van der Waals surface area contributed by atoms with Crippen molar-refractivity contribution in [2.45, 2.75) is 50.9 Å². The predicted octanol–water partition coefficient (Wildman–Crippen LogP) is 1.25. The number of nitrogens with one attached hydrogen (secondary N) is 1. The van der Waals surface area contributed by atoms with Crippen LogP contribution in [0.5, 0.6) is 0 Å². The zero-order valence-electron chi connectivity index (χ0n) is 11.9. The molecule has 2 atom stereocenters. The first-order chi connectivity index (χ1) is 8.81. The van der Waals surface area contributed by atoms with Crippen molar-refractivity contribution < 1.29 is 9.47 Å². The Balaban J connectivity index is 1.60. The minimum atomic E-state index is 0.424. The summed E-state index contributed by atoms with van der Waals surface area (Å²) in [4.78, 5) is 2.42. The number of nitrogens with zero attached hydrogens (tertiary/aromatic N) is 1. The molecule has 0 aromatic rings. The van der Waals surface area contributed by atoms with Gasteiger partial charge in [0.25, 0.3) is 0 Å². The Morgan fingerprint density at radius 2 is 2.00 bits per heavy atom. The van der Waals surface area contributed by atoms with E-state index in [0.29, 0.717) is 12.2 Å². The van der Waals surface area contributed by atoms with Crippen LogP contribution < -0.4 is 5.32 Å². The first-order valence-electron chi connectivity index (χ1n) is 7.42. The Morgan fingerprint density at radius 3 is 2.67 bits per heavy atom. The summed E-state index contributed by atoms with van der Waals surface area (Å²) in [5.74, 6) is 0. The topological polar surface area (TPSA) is 33.7 Å². The summed E-state index contributed by atoms with van der Waals surface area (Å²) in [6.07, 6.45) is 6.00. The number of likely N-dealkylation sites (N-methyl/N-ethyl adjacent to an activating group) is 1. The van der Waals surface area contributed by atoms with Crippen molar-refractivity contribution in [3.63, 3.8) is 0 Å². The van der Waals surface area contributed by atoms with Crippen molar-refractivity contribution in [1.29, 1.82) is 0 Å². The fourth-order valence-corrected chi connectivity index (χ4v) is 2.54. The minimum Gasteiger partial charge on any atom is -0.383 e. The SMILES string of the molecule is CCN(CCOC)CC1CCC(CNC2CC2)O1. The summed E-state index contributed by atoms with van der Waals surface area (Å²) in [6.45, 7) is 7.21. The summed E-state index contributed by atoms with van der Waals surface area (Å²) in [7, 11) is 1.76. The van der Waals surface area contributed by atoms with Crippen LogP contribution in [-0.2, 0) is 9.47 Å². The molecule has 0 bridgehead atoms. The van der Waals surface area contributed by atoms with Crippen molar-refractivity contribution >= 4 is 0 Å². The lowest BCUT2D eigenvalue weighted by Crippen LogP contribution is -2.36. The molecule has 0 amide bonds. The number of hydrogen-bond acceptors (Lipinski definition) is 4. The Labute approximate surface area is 111 Å². The molecule has 2 unspecified atom stereocenters. The summed E-state index contributed by atoms with van der Waals surface area (Å²) in [5.41, 5.74) is 0. The van der Waals surface area contributed by atoms with Crippen molar-refractivity contribution in [2.24, 2.45) is 0 Å². The normalized spacial score (nSPS) is 28.2. The Hall–Kier alpha value is -0.160. The molecule has 18 heavy (non-hydrogen) atoms. The smallest absolute Gasteiger partial charge is 0.0707 e. The third-order valence-electron chi connectivity index (χ3n) is 3.93. The van der Waals surface area contributed by atoms with Gasteiger partial charge in [-0.2, -0.15) is 0 Å². The average Bonchev–Trinajstić information content (AvgIpc) is 3.12. The molecule has 1 heterocycles. The highest BCUT2D eigenvalue weighted by Crippen LogP contribution is 2.23. The molecule has 0 radical (unpaired) electrons. The van der Waals surface area contributed by atoms with E-state index in [1.807, 2.05) is 0 Å². The Morgan fingerprint density at radius 1 is 1.22 bits per heavy atom. The number of ether oxygens (including phenoxy) is 2.